The molecule has 34 heavy (non-hydrogen) atoms. The van der Waals surface area contributed by atoms with Crippen LogP contribution in [0, 0.1) is 11.6 Å². The van der Waals surface area contributed by atoms with Crippen LogP contribution in [0.2, 0.25) is 0 Å². The van der Waals surface area contributed by atoms with Gasteiger partial charge in [-0.1, -0.05) is 30.3 Å². The van der Waals surface area contributed by atoms with Crippen LogP contribution in [0.1, 0.15) is 20.8 Å². The van der Waals surface area contributed by atoms with Gasteiger partial charge in [0.1, 0.15) is 17.0 Å². The number of aromatic amines is 1. The summed E-state index contributed by atoms with van der Waals surface area (Å²) in [6.45, 7) is 0. The Balaban J connectivity index is 1.54. The van der Waals surface area contributed by atoms with Gasteiger partial charge >= 0.3 is 0 Å². The highest BCUT2D eigenvalue weighted by atomic mass is 19.1. The van der Waals surface area contributed by atoms with Gasteiger partial charge in [0.2, 0.25) is 0 Å². The smallest absolute Gasteiger partial charge is 0.267 e. The average Bonchev–Trinajstić information content (AvgIpc) is 2.83. The summed E-state index contributed by atoms with van der Waals surface area (Å²) in [6.07, 6.45) is 1.22. The number of nitrogens with one attached hydrogen (secondary N) is 2. The highest BCUT2D eigenvalue weighted by Gasteiger charge is 2.17. The van der Waals surface area contributed by atoms with E-state index in [1.54, 1.807) is 24.3 Å². The number of hydrogen-bond donors (Lipinski definition) is 3. The van der Waals surface area contributed by atoms with Crippen molar-refractivity contribution in [3.63, 3.8) is 0 Å². The number of nitrogens with zero attached hydrogens (tertiary/aromatic N) is 1. The molecule has 2 aromatic carbocycles. The fourth-order valence-corrected chi connectivity index (χ4v) is 3.07. The molecule has 4 N–H and O–H groups in total. The quantitative estimate of drug-likeness (QED) is 0.401. The molecule has 2 heterocycles. The van der Waals surface area contributed by atoms with Crippen molar-refractivity contribution in [2.24, 2.45) is 5.73 Å². The Morgan fingerprint density at radius 3 is 2.44 bits per heavy atom. The molecule has 0 aliphatic heterocycles. The van der Waals surface area contributed by atoms with Crippen molar-refractivity contribution < 1.29 is 23.1 Å². The number of hydrogen-bond acceptors (Lipinski definition) is 5. The van der Waals surface area contributed by atoms with Crippen LogP contribution in [0.4, 0.5) is 14.5 Å². The predicted molar refractivity (Wildman–Crippen MR) is 120 cm³/mol. The van der Waals surface area contributed by atoms with E-state index in [9.17, 15) is 23.2 Å². The zero-order valence-electron chi connectivity index (χ0n) is 17.3. The van der Waals surface area contributed by atoms with Crippen molar-refractivity contribution >= 4 is 17.5 Å². The van der Waals surface area contributed by atoms with Crippen LogP contribution >= 0.6 is 0 Å². The number of carbonyl (C=O) groups is 2. The molecule has 4 rings (SSSR count). The summed E-state index contributed by atoms with van der Waals surface area (Å²) in [5.74, 6) is -4.24. The third-order valence-electron chi connectivity index (χ3n) is 4.72. The third kappa shape index (κ3) is 4.80. The van der Waals surface area contributed by atoms with E-state index in [0.29, 0.717) is 11.8 Å². The Kier molecular flexibility index (Phi) is 6.13. The van der Waals surface area contributed by atoms with Gasteiger partial charge in [-0.3, -0.25) is 19.4 Å². The number of amides is 2. The molecule has 0 aliphatic rings. The van der Waals surface area contributed by atoms with E-state index in [-0.39, 0.29) is 17.0 Å². The van der Waals surface area contributed by atoms with Crippen LogP contribution in [0.25, 0.3) is 11.3 Å². The summed E-state index contributed by atoms with van der Waals surface area (Å²) in [5, 5.41) is 2.18. The second-order valence-corrected chi connectivity index (χ2v) is 7.04. The van der Waals surface area contributed by atoms with Gasteiger partial charge < -0.3 is 20.8 Å². The van der Waals surface area contributed by atoms with Crippen LogP contribution in [0.3, 0.4) is 0 Å². The number of halogens is 2. The van der Waals surface area contributed by atoms with Crippen molar-refractivity contribution in [2.75, 3.05) is 5.32 Å². The van der Waals surface area contributed by atoms with Crippen LogP contribution in [-0.4, -0.2) is 21.8 Å². The van der Waals surface area contributed by atoms with Gasteiger partial charge in [0.05, 0.1) is 5.69 Å². The highest BCUT2D eigenvalue weighted by Crippen LogP contribution is 2.29. The molecule has 8 nitrogen and oxygen atoms in total. The molecule has 0 saturated heterocycles. The molecule has 0 spiro atoms. The van der Waals surface area contributed by atoms with Crippen LogP contribution in [0.5, 0.6) is 11.5 Å². The summed E-state index contributed by atoms with van der Waals surface area (Å²) in [5.41, 5.74) is 4.79. The summed E-state index contributed by atoms with van der Waals surface area (Å²) in [7, 11) is 0. The molecule has 0 saturated carbocycles. The summed E-state index contributed by atoms with van der Waals surface area (Å²) < 4.78 is 34.4. The maximum absolute atomic E-state index is 14.6. The molecule has 0 unspecified atom stereocenters. The molecule has 0 aliphatic carbocycles. The van der Waals surface area contributed by atoms with E-state index in [0.717, 1.165) is 11.6 Å². The normalized spacial score (nSPS) is 10.5. The molecule has 0 atom stereocenters. The number of primary amides is 1. The van der Waals surface area contributed by atoms with Crippen LogP contribution in [-0.2, 0) is 0 Å². The van der Waals surface area contributed by atoms with Crippen molar-refractivity contribution in [1.29, 1.82) is 0 Å². The molecular formula is C24H16F2N4O4. The second kappa shape index (κ2) is 9.33. The topological polar surface area (TPSA) is 127 Å². The summed E-state index contributed by atoms with van der Waals surface area (Å²) in [6, 6.07) is 15.7. The number of anilines is 1. The first-order chi connectivity index (χ1) is 16.3. The van der Waals surface area contributed by atoms with Gasteiger partial charge in [-0.2, -0.15) is 0 Å². The largest absolute Gasteiger partial charge is 0.454 e. The zero-order chi connectivity index (χ0) is 24.2. The lowest BCUT2D eigenvalue weighted by Crippen LogP contribution is -2.23. The standard InChI is InChI=1S/C24H16F2N4O4/c25-16-12-21(34-14-8-9-28-20(10-14)22(27)31)17(26)11-19(16)30-24(33)15-6-7-18(29-23(15)32)13-4-2-1-3-5-13/h1-12H,(H2,27,31)(H,29,32)(H,30,33). The lowest BCUT2D eigenvalue weighted by molar-refractivity contribution is 0.0993. The Morgan fingerprint density at radius 1 is 0.971 bits per heavy atom. The highest BCUT2D eigenvalue weighted by molar-refractivity contribution is 6.04. The minimum absolute atomic E-state index is 0.00363. The summed E-state index contributed by atoms with van der Waals surface area (Å²) in [4.78, 5) is 42.4. The lowest BCUT2D eigenvalue weighted by Gasteiger charge is -2.11. The number of nitrogens with two attached hydrogens (primary N) is 1. The lowest BCUT2D eigenvalue weighted by atomic mass is 10.1. The van der Waals surface area contributed by atoms with Gasteiger partial charge in [-0.15, -0.1) is 0 Å². The fraction of sp³-hybridized carbons (Fsp3) is 0. The van der Waals surface area contributed by atoms with Gasteiger partial charge in [0.25, 0.3) is 17.4 Å². The van der Waals surface area contributed by atoms with Crippen molar-refractivity contribution in [3.8, 4) is 22.8 Å². The van der Waals surface area contributed by atoms with Gasteiger partial charge in [0, 0.05) is 30.1 Å². The van der Waals surface area contributed by atoms with E-state index >= 15 is 0 Å². The minimum Gasteiger partial charge on any atom is -0.454 e. The number of aromatic nitrogens is 2. The number of carbonyl (C=O) groups excluding carboxylic acids is 2. The molecule has 0 bridgehead atoms. The van der Waals surface area contributed by atoms with Crippen molar-refractivity contribution in [3.05, 3.63) is 106 Å². The van der Waals surface area contributed by atoms with E-state index in [1.807, 2.05) is 6.07 Å². The molecular weight excluding hydrogens is 446 g/mol. The first-order valence-electron chi connectivity index (χ1n) is 9.84. The van der Waals surface area contributed by atoms with Crippen molar-refractivity contribution in [2.45, 2.75) is 0 Å². The van der Waals surface area contributed by atoms with Crippen LogP contribution in [0.15, 0.2) is 77.7 Å². The van der Waals surface area contributed by atoms with E-state index in [2.05, 4.69) is 15.3 Å². The second-order valence-electron chi connectivity index (χ2n) is 7.04. The molecule has 0 radical (unpaired) electrons. The van der Waals surface area contributed by atoms with Gasteiger partial charge in [-0.25, -0.2) is 8.78 Å². The molecule has 4 aromatic rings. The van der Waals surface area contributed by atoms with Crippen LogP contribution < -0.4 is 21.3 Å². The Morgan fingerprint density at radius 2 is 1.74 bits per heavy atom. The Bertz CT molecular complexity index is 1460. The van der Waals surface area contributed by atoms with Gasteiger partial charge in [-0.05, 0) is 23.8 Å². The van der Waals surface area contributed by atoms with E-state index in [1.165, 1.54) is 30.5 Å². The minimum atomic E-state index is -1.01. The maximum atomic E-state index is 14.6. The first-order valence-corrected chi connectivity index (χ1v) is 9.84. The SMILES string of the molecule is NC(=O)c1cc(Oc2cc(F)c(NC(=O)c3ccc(-c4ccccc4)[nH]c3=O)cc2F)ccn1. The molecule has 10 heteroatoms. The third-order valence-corrected chi connectivity index (χ3v) is 4.72. The first kappa shape index (κ1) is 22.3. The monoisotopic (exact) mass is 462 g/mol. The number of benzene rings is 2. The zero-order valence-corrected chi connectivity index (χ0v) is 17.3. The Hall–Kier alpha value is -4.86. The summed E-state index contributed by atoms with van der Waals surface area (Å²) >= 11 is 0. The Labute approximate surface area is 191 Å². The number of pyridine rings is 2. The van der Waals surface area contributed by atoms with E-state index in [4.69, 9.17) is 10.5 Å². The van der Waals surface area contributed by atoms with Gasteiger partial charge in [0.15, 0.2) is 17.4 Å². The molecule has 170 valence electrons. The predicted octanol–water partition coefficient (Wildman–Crippen LogP) is 3.86. The van der Waals surface area contributed by atoms with E-state index < -0.39 is 40.4 Å². The maximum Gasteiger partial charge on any atom is 0.267 e. The van der Waals surface area contributed by atoms with Crippen molar-refractivity contribution in [1.82, 2.24) is 9.97 Å². The molecule has 2 aromatic heterocycles. The molecule has 2 amide bonds. The number of rotatable bonds is 6. The number of ether oxygens (including phenoxy) is 1. The molecule has 0 fully saturated rings. The fourth-order valence-electron chi connectivity index (χ4n) is 3.07. The number of H-pyrrole nitrogens is 1. The average molecular weight is 462 g/mol.